The Hall–Kier alpha value is -2.53. The molecule has 1 heterocycles. The molecule has 4 rings (SSSR count). The summed E-state index contributed by atoms with van der Waals surface area (Å²) in [4.78, 5) is 15.1. The molecule has 1 amide bonds. The van der Waals surface area contributed by atoms with Gasteiger partial charge < -0.3 is 15.0 Å². The van der Waals surface area contributed by atoms with E-state index in [2.05, 4.69) is 10.2 Å². The first-order valence-corrected chi connectivity index (χ1v) is 13.0. The number of nitrogens with one attached hydrogen (secondary N) is 1. The first kappa shape index (κ1) is 25.6. The summed E-state index contributed by atoms with van der Waals surface area (Å²) in [6.45, 7) is 3.69. The summed E-state index contributed by atoms with van der Waals surface area (Å²) in [7, 11) is 0. The van der Waals surface area contributed by atoms with Crippen molar-refractivity contribution in [1.82, 2.24) is 4.90 Å². The van der Waals surface area contributed by atoms with Crippen molar-refractivity contribution in [2.75, 3.05) is 25.0 Å². The number of rotatable bonds is 10. The summed E-state index contributed by atoms with van der Waals surface area (Å²) < 4.78 is 5.82. The van der Waals surface area contributed by atoms with Crippen molar-refractivity contribution in [1.29, 1.82) is 0 Å². The van der Waals surface area contributed by atoms with Crippen LogP contribution in [-0.4, -0.2) is 30.4 Å². The van der Waals surface area contributed by atoms with E-state index in [1.54, 1.807) is 0 Å². The minimum Gasteiger partial charge on any atom is -0.489 e. The number of piperidine rings is 1. The second-order valence-electron chi connectivity index (χ2n) is 9.19. The molecule has 0 radical (unpaired) electrons. The average molecular weight is 511 g/mol. The Morgan fingerprint density at radius 2 is 1.66 bits per heavy atom. The number of likely N-dealkylation sites (tertiary alicyclic amines) is 1. The Morgan fingerprint density at radius 1 is 0.914 bits per heavy atom. The van der Waals surface area contributed by atoms with Crippen molar-refractivity contribution in [3.8, 4) is 5.75 Å². The standard InChI is InChI=1S/C29H32Cl2N2O2/c30-27-13-8-22(19-28(27)31)7-4-16-33-17-14-23(15-18-33)20-29(34)32-25-9-11-26(12-10-25)35-21-24-5-2-1-3-6-24/h1-3,5-6,8-13,19,23H,4,7,14-18,20-21H2,(H,32,34). The van der Waals surface area contributed by atoms with Crippen molar-refractivity contribution < 1.29 is 9.53 Å². The smallest absolute Gasteiger partial charge is 0.224 e. The molecule has 0 aliphatic carbocycles. The maximum absolute atomic E-state index is 12.6. The first-order valence-electron chi connectivity index (χ1n) is 12.3. The Bertz CT molecular complexity index is 1080. The van der Waals surface area contributed by atoms with Gasteiger partial charge in [0.1, 0.15) is 12.4 Å². The number of aryl methyl sites for hydroxylation is 1. The average Bonchev–Trinajstić information content (AvgIpc) is 2.87. The second-order valence-corrected chi connectivity index (χ2v) is 10.0. The number of amides is 1. The minimum absolute atomic E-state index is 0.0843. The van der Waals surface area contributed by atoms with E-state index in [1.165, 1.54) is 5.56 Å². The second kappa shape index (κ2) is 13.0. The quantitative estimate of drug-likeness (QED) is 0.312. The Morgan fingerprint density at radius 3 is 2.37 bits per heavy atom. The number of benzene rings is 3. The van der Waals surface area contributed by atoms with Gasteiger partial charge in [-0.3, -0.25) is 4.79 Å². The van der Waals surface area contributed by atoms with Gasteiger partial charge in [0, 0.05) is 12.1 Å². The molecule has 6 heteroatoms. The minimum atomic E-state index is 0.0843. The van der Waals surface area contributed by atoms with E-state index in [0.29, 0.717) is 29.0 Å². The highest BCUT2D eigenvalue weighted by Crippen LogP contribution is 2.25. The molecule has 184 valence electrons. The molecule has 0 aromatic heterocycles. The summed E-state index contributed by atoms with van der Waals surface area (Å²) in [5.74, 6) is 1.31. The molecule has 1 aliphatic rings. The van der Waals surface area contributed by atoms with E-state index in [1.807, 2.05) is 72.8 Å². The molecule has 3 aromatic rings. The van der Waals surface area contributed by atoms with Crippen LogP contribution in [0.15, 0.2) is 72.8 Å². The van der Waals surface area contributed by atoms with Gasteiger partial charge in [0.25, 0.3) is 0 Å². The predicted octanol–water partition coefficient (Wildman–Crippen LogP) is 7.25. The van der Waals surface area contributed by atoms with Crippen molar-refractivity contribution in [3.63, 3.8) is 0 Å². The first-order chi connectivity index (χ1) is 17.0. The lowest BCUT2D eigenvalue weighted by atomic mass is 9.93. The van der Waals surface area contributed by atoms with Crippen LogP contribution < -0.4 is 10.1 Å². The van der Waals surface area contributed by atoms with Crippen LogP contribution in [0.2, 0.25) is 10.0 Å². The van der Waals surface area contributed by atoms with Crippen LogP contribution in [-0.2, 0) is 17.8 Å². The molecule has 0 bridgehead atoms. The monoisotopic (exact) mass is 510 g/mol. The highest BCUT2D eigenvalue weighted by molar-refractivity contribution is 6.42. The lowest BCUT2D eigenvalue weighted by Gasteiger charge is -2.31. The third-order valence-electron chi connectivity index (χ3n) is 6.49. The molecule has 4 nitrogen and oxygen atoms in total. The van der Waals surface area contributed by atoms with E-state index >= 15 is 0 Å². The van der Waals surface area contributed by atoms with E-state index in [0.717, 1.165) is 62.3 Å². The number of carbonyl (C=O) groups excluding carboxylic acids is 1. The van der Waals surface area contributed by atoms with Crippen molar-refractivity contribution in [2.45, 2.75) is 38.7 Å². The fourth-order valence-corrected chi connectivity index (χ4v) is 4.79. The van der Waals surface area contributed by atoms with Crippen LogP contribution in [0.4, 0.5) is 5.69 Å². The zero-order chi connectivity index (χ0) is 24.5. The van der Waals surface area contributed by atoms with E-state index < -0.39 is 0 Å². The Balaban J connectivity index is 1.12. The summed E-state index contributed by atoms with van der Waals surface area (Å²) in [5.41, 5.74) is 3.16. The molecule has 3 aromatic carbocycles. The maximum Gasteiger partial charge on any atom is 0.224 e. The van der Waals surface area contributed by atoms with Crippen LogP contribution >= 0.6 is 23.2 Å². The van der Waals surface area contributed by atoms with Gasteiger partial charge in [-0.2, -0.15) is 0 Å². The molecule has 1 fully saturated rings. The largest absolute Gasteiger partial charge is 0.489 e. The number of hydrogen-bond donors (Lipinski definition) is 1. The van der Waals surface area contributed by atoms with Gasteiger partial charge >= 0.3 is 0 Å². The van der Waals surface area contributed by atoms with Crippen LogP contribution in [0.25, 0.3) is 0 Å². The topological polar surface area (TPSA) is 41.6 Å². The Labute approximate surface area is 218 Å². The zero-order valence-electron chi connectivity index (χ0n) is 19.9. The number of halogens is 2. The van der Waals surface area contributed by atoms with Crippen LogP contribution in [0.3, 0.4) is 0 Å². The van der Waals surface area contributed by atoms with E-state index in [9.17, 15) is 4.79 Å². The van der Waals surface area contributed by atoms with Gasteiger partial charge in [0.2, 0.25) is 5.91 Å². The SMILES string of the molecule is O=C(CC1CCN(CCCc2ccc(Cl)c(Cl)c2)CC1)Nc1ccc(OCc2ccccc2)cc1. The molecule has 0 spiro atoms. The fourth-order valence-electron chi connectivity index (χ4n) is 4.47. The number of carbonyl (C=O) groups is 1. The number of ether oxygens (including phenoxy) is 1. The maximum atomic E-state index is 12.6. The molecule has 0 atom stereocenters. The predicted molar refractivity (Wildman–Crippen MR) is 144 cm³/mol. The third-order valence-corrected chi connectivity index (χ3v) is 7.23. The molecule has 1 saturated heterocycles. The van der Waals surface area contributed by atoms with Gasteiger partial charge in [-0.1, -0.05) is 59.6 Å². The number of anilines is 1. The zero-order valence-corrected chi connectivity index (χ0v) is 21.4. The van der Waals surface area contributed by atoms with Crippen molar-refractivity contribution in [2.24, 2.45) is 5.92 Å². The number of nitrogens with zero attached hydrogens (tertiary/aromatic N) is 1. The van der Waals surface area contributed by atoms with E-state index in [-0.39, 0.29) is 5.91 Å². The van der Waals surface area contributed by atoms with Crippen molar-refractivity contribution >= 4 is 34.8 Å². The van der Waals surface area contributed by atoms with Gasteiger partial charge in [-0.15, -0.1) is 0 Å². The lowest BCUT2D eigenvalue weighted by Crippen LogP contribution is -2.35. The summed E-state index contributed by atoms with van der Waals surface area (Å²) in [5, 5.41) is 4.26. The summed E-state index contributed by atoms with van der Waals surface area (Å²) in [6, 6.07) is 23.5. The molecular formula is C29H32Cl2N2O2. The van der Waals surface area contributed by atoms with Crippen LogP contribution in [0.1, 0.15) is 36.8 Å². The molecular weight excluding hydrogens is 479 g/mol. The van der Waals surface area contributed by atoms with Gasteiger partial charge in [-0.05, 0) is 98.8 Å². The summed E-state index contributed by atoms with van der Waals surface area (Å²) in [6.07, 6.45) is 4.78. The van der Waals surface area contributed by atoms with Crippen LogP contribution in [0, 0.1) is 5.92 Å². The number of hydrogen-bond acceptors (Lipinski definition) is 3. The third kappa shape index (κ3) is 8.28. The van der Waals surface area contributed by atoms with Gasteiger partial charge in [0.05, 0.1) is 10.0 Å². The van der Waals surface area contributed by atoms with Gasteiger partial charge in [0.15, 0.2) is 0 Å². The highest BCUT2D eigenvalue weighted by Gasteiger charge is 2.21. The molecule has 35 heavy (non-hydrogen) atoms. The van der Waals surface area contributed by atoms with Crippen LogP contribution in [0.5, 0.6) is 5.75 Å². The lowest BCUT2D eigenvalue weighted by molar-refractivity contribution is -0.117. The molecule has 0 saturated carbocycles. The Kier molecular flexibility index (Phi) is 9.47. The normalized spacial score (nSPS) is 14.6. The van der Waals surface area contributed by atoms with Crippen molar-refractivity contribution in [3.05, 3.63) is 94.0 Å². The summed E-state index contributed by atoms with van der Waals surface area (Å²) >= 11 is 12.1. The molecule has 1 aliphatic heterocycles. The van der Waals surface area contributed by atoms with E-state index in [4.69, 9.17) is 27.9 Å². The van der Waals surface area contributed by atoms with Gasteiger partial charge in [-0.25, -0.2) is 0 Å². The molecule has 0 unspecified atom stereocenters. The highest BCUT2D eigenvalue weighted by atomic mass is 35.5. The fraction of sp³-hybridized carbons (Fsp3) is 0.345. The molecule has 1 N–H and O–H groups in total.